The molecular weight excluding hydrogens is 214 g/mol. The molecular formula is C13H23N3O. The number of nitrogens with zero attached hydrogens (tertiary/aromatic N) is 3. The highest BCUT2D eigenvalue weighted by Gasteiger charge is 2.39. The van der Waals surface area contributed by atoms with Gasteiger partial charge in [0.2, 0.25) is 0 Å². The average molecular weight is 237 g/mol. The zero-order chi connectivity index (χ0) is 12.5. The summed E-state index contributed by atoms with van der Waals surface area (Å²) in [7, 11) is 0. The van der Waals surface area contributed by atoms with E-state index in [4.69, 9.17) is 0 Å². The molecule has 4 heteroatoms. The number of likely N-dealkylation sites (tertiary alicyclic amines) is 1. The highest BCUT2D eigenvalue weighted by Crippen LogP contribution is 2.25. The van der Waals surface area contributed by atoms with Gasteiger partial charge in [-0.05, 0) is 25.8 Å². The van der Waals surface area contributed by atoms with E-state index in [0.717, 1.165) is 38.2 Å². The van der Waals surface area contributed by atoms with Crippen LogP contribution in [0.4, 0.5) is 0 Å². The first-order valence-electron chi connectivity index (χ1n) is 6.55. The van der Waals surface area contributed by atoms with Crippen molar-refractivity contribution in [3.8, 4) is 0 Å². The Morgan fingerprint density at radius 2 is 2.18 bits per heavy atom. The van der Waals surface area contributed by atoms with E-state index in [1.165, 1.54) is 0 Å². The van der Waals surface area contributed by atoms with Crippen LogP contribution in [0.5, 0.6) is 0 Å². The molecule has 2 rings (SSSR count). The van der Waals surface area contributed by atoms with Crippen molar-refractivity contribution in [2.24, 2.45) is 0 Å². The minimum absolute atomic E-state index is 0.445. The van der Waals surface area contributed by atoms with E-state index in [-0.39, 0.29) is 0 Å². The minimum atomic E-state index is -0.445. The van der Waals surface area contributed by atoms with Gasteiger partial charge in [-0.3, -0.25) is 9.58 Å². The topological polar surface area (TPSA) is 41.3 Å². The Kier molecular flexibility index (Phi) is 3.54. The molecule has 1 aromatic rings. The lowest BCUT2D eigenvalue weighted by Gasteiger charge is -2.45. The van der Waals surface area contributed by atoms with Crippen molar-refractivity contribution >= 4 is 0 Å². The van der Waals surface area contributed by atoms with Gasteiger partial charge in [0.25, 0.3) is 0 Å². The summed E-state index contributed by atoms with van der Waals surface area (Å²) >= 11 is 0. The summed E-state index contributed by atoms with van der Waals surface area (Å²) in [6, 6.07) is 2.54. The van der Waals surface area contributed by atoms with E-state index in [9.17, 15) is 5.11 Å². The summed E-state index contributed by atoms with van der Waals surface area (Å²) in [4.78, 5) is 2.24. The minimum Gasteiger partial charge on any atom is -0.387 e. The van der Waals surface area contributed by atoms with E-state index in [1.54, 1.807) is 0 Å². The van der Waals surface area contributed by atoms with E-state index < -0.39 is 5.60 Å². The fourth-order valence-electron chi connectivity index (χ4n) is 2.24. The Balaban J connectivity index is 1.87. The van der Waals surface area contributed by atoms with Gasteiger partial charge in [0.15, 0.2) is 0 Å². The van der Waals surface area contributed by atoms with Crippen LogP contribution in [0.2, 0.25) is 0 Å². The lowest BCUT2D eigenvalue weighted by atomic mass is 9.91. The lowest BCUT2D eigenvalue weighted by Crippen LogP contribution is -2.60. The van der Waals surface area contributed by atoms with Gasteiger partial charge in [-0.1, -0.05) is 13.8 Å². The number of aliphatic hydroxyl groups is 1. The van der Waals surface area contributed by atoms with Gasteiger partial charge in [0.05, 0.1) is 11.3 Å². The van der Waals surface area contributed by atoms with Crippen LogP contribution >= 0.6 is 0 Å². The highest BCUT2D eigenvalue weighted by atomic mass is 16.3. The molecule has 0 bridgehead atoms. The number of rotatable bonds is 5. The second-order valence-electron chi connectivity index (χ2n) is 5.27. The summed E-state index contributed by atoms with van der Waals surface area (Å²) in [6.07, 6.45) is 3.99. The summed E-state index contributed by atoms with van der Waals surface area (Å²) < 4.78 is 2.03. The molecule has 1 unspecified atom stereocenters. The van der Waals surface area contributed by atoms with Crippen molar-refractivity contribution in [3.63, 3.8) is 0 Å². The first-order chi connectivity index (χ1) is 8.06. The summed E-state index contributed by atoms with van der Waals surface area (Å²) in [5.41, 5.74) is 0.655. The third-order valence-electron chi connectivity index (χ3n) is 3.79. The third kappa shape index (κ3) is 2.69. The van der Waals surface area contributed by atoms with Crippen LogP contribution in [0.25, 0.3) is 0 Å². The molecule has 1 aromatic heterocycles. The van der Waals surface area contributed by atoms with Crippen LogP contribution in [0.1, 0.15) is 45.3 Å². The molecule has 0 aromatic carbocycles. The van der Waals surface area contributed by atoms with Crippen LogP contribution in [-0.2, 0) is 6.54 Å². The van der Waals surface area contributed by atoms with Gasteiger partial charge in [-0.25, -0.2) is 0 Å². The second kappa shape index (κ2) is 4.78. The zero-order valence-corrected chi connectivity index (χ0v) is 11.1. The van der Waals surface area contributed by atoms with Gasteiger partial charge in [-0.15, -0.1) is 0 Å². The van der Waals surface area contributed by atoms with Crippen LogP contribution in [-0.4, -0.2) is 38.5 Å². The Morgan fingerprint density at radius 3 is 2.76 bits per heavy atom. The fourth-order valence-corrected chi connectivity index (χ4v) is 2.24. The maximum atomic E-state index is 9.93. The van der Waals surface area contributed by atoms with Crippen LogP contribution in [0, 0.1) is 0 Å². The number of aromatic nitrogens is 2. The third-order valence-corrected chi connectivity index (χ3v) is 3.79. The summed E-state index contributed by atoms with van der Waals surface area (Å²) in [6.45, 7) is 8.79. The van der Waals surface area contributed by atoms with Gasteiger partial charge in [0, 0.05) is 31.9 Å². The Morgan fingerprint density at radius 1 is 1.47 bits per heavy atom. The van der Waals surface area contributed by atoms with Gasteiger partial charge >= 0.3 is 0 Å². The summed E-state index contributed by atoms with van der Waals surface area (Å²) in [5, 5.41) is 14.5. The maximum absolute atomic E-state index is 9.93. The van der Waals surface area contributed by atoms with Crippen LogP contribution in [0.15, 0.2) is 12.3 Å². The molecule has 1 atom stereocenters. The Hall–Kier alpha value is -0.870. The molecule has 0 radical (unpaired) electrons. The van der Waals surface area contributed by atoms with Crippen LogP contribution < -0.4 is 0 Å². The second-order valence-corrected chi connectivity index (χ2v) is 5.27. The predicted molar refractivity (Wildman–Crippen MR) is 67.7 cm³/mol. The first-order valence-corrected chi connectivity index (χ1v) is 6.55. The number of hydrogen-bond acceptors (Lipinski definition) is 3. The smallest absolute Gasteiger partial charge is 0.0897 e. The monoisotopic (exact) mass is 237 g/mol. The van der Waals surface area contributed by atoms with Crippen molar-refractivity contribution in [1.29, 1.82) is 0 Å². The van der Waals surface area contributed by atoms with Crippen molar-refractivity contribution in [2.75, 3.05) is 13.1 Å². The fraction of sp³-hybridized carbons (Fsp3) is 0.769. The lowest BCUT2D eigenvalue weighted by molar-refractivity contribution is -0.103. The first kappa shape index (κ1) is 12.6. The zero-order valence-electron chi connectivity index (χ0n) is 11.1. The molecule has 1 aliphatic heterocycles. The maximum Gasteiger partial charge on any atom is 0.0897 e. The van der Waals surface area contributed by atoms with Crippen molar-refractivity contribution in [2.45, 2.75) is 51.8 Å². The van der Waals surface area contributed by atoms with Gasteiger partial charge in [0.1, 0.15) is 0 Å². The number of hydrogen-bond donors (Lipinski definition) is 1. The predicted octanol–water partition coefficient (Wildman–Crippen LogP) is 1.81. The molecule has 1 N–H and O–H groups in total. The van der Waals surface area contributed by atoms with Crippen molar-refractivity contribution < 1.29 is 5.11 Å². The molecule has 0 spiro atoms. The normalized spacial score (nSPS) is 21.2. The Bertz CT molecular complexity index is 368. The van der Waals surface area contributed by atoms with E-state index in [0.29, 0.717) is 6.04 Å². The Labute approximate surface area is 103 Å². The van der Waals surface area contributed by atoms with Crippen LogP contribution in [0.3, 0.4) is 0 Å². The van der Waals surface area contributed by atoms with Gasteiger partial charge < -0.3 is 5.11 Å². The molecule has 1 aliphatic rings. The van der Waals surface area contributed by atoms with Crippen molar-refractivity contribution in [3.05, 3.63) is 18.0 Å². The molecule has 0 amide bonds. The average Bonchev–Trinajstić information content (AvgIpc) is 2.74. The number of β-amino-alcohol motifs (C(OH)–C–C–N with tert-alkyl or cyclic N) is 1. The molecule has 1 fully saturated rings. The molecule has 1 saturated heterocycles. The molecule has 4 nitrogen and oxygen atoms in total. The molecule has 96 valence electrons. The standard InChI is InChI=1S/C13H23N3O/c1-4-11(3)16-7-6-12(14-16)8-15-9-13(17,5-2)10-15/h6-7,11,17H,4-5,8-10H2,1-3H3. The molecule has 0 saturated carbocycles. The van der Waals surface area contributed by atoms with Gasteiger partial charge in [-0.2, -0.15) is 5.10 Å². The molecule has 0 aliphatic carbocycles. The van der Waals surface area contributed by atoms with E-state index in [2.05, 4.69) is 36.1 Å². The molecule has 17 heavy (non-hydrogen) atoms. The largest absolute Gasteiger partial charge is 0.387 e. The van der Waals surface area contributed by atoms with E-state index >= 15 is 0 Å². The highest BCUT2D eigenvalue weighted by molar-refractivity contribution is 5.03. The molecule has 2 heterocycles. The SMILES string of the molecule is CCC(C)n1ccc(CN2CC(O)(CC)C2)n1. The van der Waals surface area contributed by atoms with Crippen molar-refractivity contribution in [1.82, 2.24) is 14.7 Å². The summed E-state index contributed by atoms with van der Waals surface area (Å²) in [5.74, 6) is 0. The van der Waals surface area contributed by atoms with E-state index in [1.807, 2.05) is 11.6 Å². The quantitative estimate of drug-likeness (QED) is 0.849.